The molecule has 4 rings (SSSR count). The predicted octanol–water partition coefficient (Wildman–Crippen LogP) is 4.81. The van der Waals surface area contributed by atoms with Crippen molar-refractivity contribution >= 4 is 29.1 Å². The van der Waals surface area contributed by atoms with E-state index < -0.39 is 67.8 Å². The Morgan fingerprint density at radius 2 is 1.79 bits per heavy atom. The number of primary amides is 1. The number of carbonyl (C=O) groups excluding carboxylic acids is 3. The Bertz CT molecular complexity index is 1340. The van der Waals surface area contributed by atoms with E-state index >= 15 is 0 Å². The van der Waals surface area contributed by atoms with Gasteiger partial charge in [0.1, 0.15) is 12.4 Å². The number of benzene rings is 2. The van der Waals surface area contributed by atoms with Crippen molar-refractivity contribution in [2.45, 2.75) is 58.0 Å². The average molecular weight is 601 g/mol. The fourth-order valence-electron chi connectivity index (χ4n) is 4.36. The van der Waals surface area contributed by atoms with Crippen LogP contribution in [0.15, 0.2) is 47.5 Å². The maximum absolute atomic E-state index is 13.5. The highest BCUT2D eigenvalue weighted by Gasteiger charge is 2.38. The van der Waals surface area contributed by atoms with E-state index in [9.17, 15) is 40.7 Å². The van der Waals surface area contributed by atoms with Gasteiger partial charge >= 0.3 is 12.4 Å². The number of nitrogens with two attached hydrogens (primary N) is 1. The minimum atomic E-state index is -4.52. The molecule has 8 nitrogen and oxygen atoms in total. The van der Waals surface area contributed by atoms with Gasteiger partial charge in [0.2, 0.25) is 18.0 Å². The normalized spacial score (nSPS) is 17.0. The van der Waals surface area contributed by atoms with Gasteiger partial charge in [-0.25, -0.2) is 4.99 Å². The molecule has 0 bridgehead atoms. The lowest BCUT2D eigenvalue weighted by molar-refractivity contribution is -0.143. The molecule has 0 aliphatic carbocycles. The van der Waals surface area contributed by atoms with Gasteiger partial charge in [-0.05, 0) is 25.5 Å². The Kier molecular flexibility index (Phi) is 10.2. The van der Waals surface area contributed by atoms with E-state index in [1.807, 2.05) is 31.2 Å². The van der Waals surface area contributed by atoms with Crippen LogP contribution in [0.1, 0.15) is 49.3 Å². The number of para-hydroxylation sites is 1. The van der Waals surface area contributed by atoms with Gasteiger partial charge in [-0.1, -0.05) is 42.8 Å². The number of rotatable bonds is 7. The number of amides is 3. The number of anilines is 1. The monoisotopic (exact) mass is 600 g/mol. The second-order valence-electron chi connectivity index (χ2n) is 9.74. The molecule has 3 amide bonds. The van der Waals surface area contributed by atoms with Crippen LogP contribution in [0, 0.1) is 12.8 Å². The smallest absolute Gasteiger partial charge is 0.389 e. The molecule has 2 heterocycles. The molecular weight excluding hydrogens is 570 g/mol. The molecule has 2 aliphatic heterocycles. The summed E-state index contributed by atoms with van der Waals surface area (Å²) in [5, 5.41) is 2.47. The number of alkyl halides is 6. The SMILES string of the molecule is CCC(F)(F)F.Cc1cccc(C2=NC(NC(=O)C(CCC(F)(F)F)CC(N)=O)C(=O)N3CCOc4cccc2c43)c1. The molecule has 14 heteroatoms. The molecule has 2 aliphatic rings. The molecule has 0 aromatic heterocycles. The van der Waals surface area contributed by atoms with Gasteiger partial charge in [0.15, 0.2) is 0 Å². The maximum atomic E-state index is 13.5. The van der Waals surface area contributed by atoms with Crippen molar-refractivity contribution in [3.05, 3.63) is 59.2 Å². The summed E-state index contributed by atoms with van der Waals surface area (Å²) < 4.78 is 76.5. The van der Waals surface area contributed by atoms with E-state index in [0.717, 1.165) is 12.5 Å². The summed E-state index contributed by atoms with van der Waals surface area (Å²) >= 11 is 0. The third-order valence-corrected chi connectivity index (χ3v) is 6.42. The summed E-state index contributed by atoms with van der Waals surface area (Å²) in [6.45, 7) is 3.40. The van der Waals surface area contributed by atoms with Gasteiger partial charge < -0.3 is 20.7 Å². The number of aliphatic imine (C=N–C) groups is 1. The van der Waals surface area contributed by atoms with Crippen LogP contribution < -0.4 is 20.7 Å². The fraction of sp³-hybridized carbons (Fsp3) is 0.429. The van der Waals surface area contributed by atoms with Crippen LogP contribution in [0.3, 0.4) is 0 Å². The summed E-state index contributed by atoms with van der Waals surface area (Å²) in [7, 11) is 0. The quantitative estimate of drug-likeness (QED) is 0.444. The van der Waals surface area contributed by atoms with Crippen LogP contribution in [0.4, 0.5) is 32.0 Å². The lowest BCUT2D eigenvalue weighted by Gasteiger charge is -2.31. The molecule has 228 valence electrons. The zero-order valence-corrected chi connectivity index (χ0v) is 22.8. The molecule has 0 saturated heterocycles. The molecule has 0 saturated carbocycles. The number of ether oxygens (including phenoxy) is 1. The summed E-state index contributed by atoms with van der Waals surface area (Å²) in [6, 6.07) is 12.7. The van der Waals surface area contributed by atoms with Gasteiger partial charge in [-0.3, -0.25) is 14.4 Å². The van der Waals surface area contributed by atoms with E-state index in [1.54, 1.807) is 18.2 Å². The van der Waals surface area contributed by atoms with Crippen LogP contribution in [0.25, 0.3) is 0 Å². The fourth-order valence-corrected chi connectivity index (χ4v) is 4.36. The zero-order valence-electron chi connectivity index (χ0n) is 22.8. The molecule has 0 spiro atoms. The summed E-state index contributed by atoms with van der Waals surface area (Å²) in [4.78, 5) is 44.1. The second-order valence-corrected chi connectivity index (χ2v) is 9.74. The van der Waals surface area contributed by atoms with Crippen molar-refractivity contribution in [3.63, 3.8) is 0 Å². The number of nitrogens with one attached hydrogen (secondary N) is 1. The van der Waals surface area contributed by atoms with Crippen LogP contribution >= 0.6 is 0 Å². The Balaban J connectivity index is 0.000000730. The highest BCUT2D eigenvalue weighted by atomic mass is 19.4. The third-order valence-electron chi connectivity index (χ3n) is 6.42. The molecule has 0 radical (unpaired) electrons. The Labute approximate surface area is 237 Å². The largest absolute Gasteiger partial charge is 0.490 e. The van der Waals surface area contributed by atoms with Crippen molar-refractivity contribution in [2.24, 2.45) is 16.6 Å². The minimum Gasteiger partial charge on any atom is -0.490 e. The first kappa shape index (κ1) is 32.4. The first-order chi connectivity index (χ1) is 19.6. The second kappa shape index (κ2) is 13.3. The van der Waals surface area contributed by atoms with Gasteiger partial charge in [0.25, 0.3) is 5.91 Å². The highest BCUT2D eigenvalue weighted by molar-refractivity contribution is 6.21. The first-order valence-corrected chi connectivity index (χ1v) is 13.0. The lowest BCUT2D eigenvalue weighted by atomic mass is 9.97. The highest BCUT2D eigenvalue weighted by Crippen LogP contribution is 2.38. The molecule has 2 unspecified atom stereocenters. The van der Waals surface area contributed by atoms with Gasteiger partial charge in [-0.15, -0.1) is 0 Å². The van der Waals surface area contributed by atoms with Crippen molar-refractivity contribution in [3.8, 4) is 5.75 Å². The predicted molar refractivity (Wildman–Crippen MR) is 142 cm³/mol. The standard InChI is InChI=1S/C25H25F3N4O4.C3H5F3/c1-14-4-2-5-15(12-14)20-17-6-3-7-18-21(17)32(10-11-36-18)24(35)22(30-20)31-23(34)16(13-19(29)33)8-9-25(26,27)28;1-2-3(4,5)6/h2-7,12,16,22H,8-11,13H2,1H3,(H2,29,33)(H,31,34);2H2,1H3. The number of nitrogens with zero attached hydrogens (tertiary/aromatic N) is 2. The average Bonchev–Trinajstić information content (AvgIpc) is 3.02. The van der Waals surface area contributed by atoms with Crippen molar-refractivity contribution in [1.29, 1.82) is 0 Å². The minimum absolute atomic E-state index is 0.199. The maximum Gasteiger partial charge on any atom is 0.389 e. The van der Waals surface area contributed by atoms with Crippen LogP contribution in [-0.2, 0) is 14.4 Å². The molecule has 0 fully saturated rings. The van der Waals surface area contributed by atoms with E-state index in [0.29, 0.717) is 28.3 Å². The van der Waals surface area contributed by atoms with Gasteiger partial charge in [0.05, 0.1) is 17.9 Å². The first-order valence-electron chi connectivity index (χ1n) is 13.0. The van der Waals surface area contributed by atoms with Gasteiger partial charge in [0, 0.05) is 36.3 Å². The van der Waals surface area contributed by atoms with Crippen LogP contribution in [0.5, 0.6) is 5.75 Å². The number of halogens is 6. The van der Waals surface area contributed by atoms with E-state index in [1.165, 1.54) is 4.90 Å². The van der Waals surface area contributed by atoms with Crippen LogP contribution in [-0.4, -0.2) is 55.1 Å². The van der Waals surface area contributed by atoms with Crippen LogP contribution in [0.2, 0.25) is 0 Å². The topological polar surface area (TPSA) is 114 Å². The molecule has 2 aromatic carbocycles. The summed E-state index contributed by atoms with van der Waals surface area (Å²) in [5.41, 5.74) is 8.36. The summed E-state index contributed by atoms with van der Waals surface area (Å²) in [6.07, 6.45) is -13.1. The van der Waals surface area contributed by atoms with Gasteiger partial charge in [-0.2, -0.15) is 26.3 Å². The third kappa shape index (κ3) is 8.70. The Morgan fingerprint density at radius 3 is 2.38 bits per heavy atom. The molecular formula is C28H30F6N4O4. The van der Waals surface area contributed by atoms with Crippen molar-refractivity contribution in [2.75, 3.05) is 18.1 Å². The molecule has 2 aromatic rings. The lowest BCUT2D eigenvalue weighted by Crippen LogP contribution is -2.51. The number of aryl methyl sites for hydroxylation is 1. The Hall–Kier alpha value is -4.10. The summed E-state index contributed by atoms with van der Waals surface area (Å²) in [5.74, 6) is -3.25. The molecule has 42 heavy (non-hydrogen) atoms. The van der Waals surface area contributed by atoms with E-state index in [2.05, 4.69) is 10.3 Å². The van der Waals surface area contributed by atoms with Crippen molar-refractivity contribution < 1.29 is 45.5 Å². The van der Waals surface area contributed by atoms with E-state index in [4.69, 9.17) is 10.5 Å². The zero-order chi connectivity index (χ0) is 31.2. The number of hydrogen-bond donors (Lipinski definition) is 2. The molecule has 2 atom stereocenters. The number of carbonyl (C=O) groups is 3. The molecule has 3 N–H and O–H groups in total. The number of hydrogen-bond acceptors (Lipinski definition) is 5. The van der Waals surface area contributed by atoms with E-state index in [-0.39, 0.29) is 13.2 Å². The Morgan fingerprint density at radius 1 is 1.12 bits per heavy atom. The van der Waals surface area contributed by atoms with Crippen molar-refractivity contribution in [1.82, 2.24) is 5.32 Å².